The van der Waals surface area contributed by atoms with E-state index in [0.29, 0.717) is 19.6 Å². The lowest BCUT2D eigenvalue weighted by Gasteiger charge is -2.12. The molecule has 0 N–H and O–H groups in total. The topological polar surface area (TPSA) is 35.5 Å². The van der Waals surface area contributed by atoms with Crippen LogP contribution in [0.25, 0.3) is 0 Å². The smallest absolute Gasteiger partial charge is 0.137 e. The Hall–Kier alpha value is -1.03. The predicted molar refractivity (Wildman–Crippen MR) is 62.3 cm³/mol. The maximum atomic E-state index is 10.8. The van der Waals surface area contributed by atoms with Crippen LogP contribution in [0.3, 0.4) is 0 Å². The van der Waals surface area contributed by atoms with Gasteiger partial charge in [0.1, 0.15) is 17.8 Å². The monoisotopic (exact) mass is 282 g/mol. The zero-order valence-corrected chi connectivity index (χ0v) is 10.3. The normalized spacial score (nSPS) is 16.3. The highest BCUT2D eigenvalue weighted by Crippen LogP contribution is 2.47. The quantitative estimate of drug-likeness (QED) is 0.779. The lowest BCUT2D eigenvalue weighted by molar-refractivity contribution is -0.107. The van der Waals surface area contributed by atoms with E-state index in [4.69, 9.17) is 9.47 Å². The van der Waals surface area contributed by atoms with Gasteiger partial charge in [-0.05, 0) is 15.9 Å². The lowest BCUT2D eigenvalue weighted by atomic mass is 9.98. The molecule has 0 unspecified atom stereocenters. The van der Waals surface area contributed by atoms with Gasteiger partial charge in [-0.3, -0.25) is 0 Å². The molecule has 2 heterocycles. The van der Waals surface area contributed by atoms with Gasteiger partial charge >= 0.3 is 0 Å². The van der Waals surface area contributed by atoms with Crippen molar-refractivity contribution in [3.8, 4) is 11.5 Å². The minimum Gasteiger partial charge on any atom is -0.493 e. The average Bonchev–Trinajstić information content (AvgIpc) is 2.92. The third-order valence-electron chi connectivity index (χ3n) is 3.14. The minimum atomic E-state index is 0.418. The predicted octanol–water partition coefficient (Wildman–Crippen LogP) is 2.06. The van der Waals surface area contributed by atoms with Crippen molar-refractivity contribution >= 4 is 22.2 Å². The third kappa shape index (κ3) is 1.29. The maximum Gasteiger partial charge on any atom is 0.137 e. The average molecular weight is 283 g/mol. The first-order valence-electron chi connectivity index (χ1n) is 5.38. The van der Waals surface area contributed by atoms with Gasteiger partial charge in [0.2, 0.25) is 0 Å². The van der Waals surface area contributed by atoms with Crippen LogP contribution in [0, 0.1) is 0 Å². The summed E-state index contributed by atoms with van der Waals surface area (Å²) in [4.78, 5) is 10.8. The molecule has 0 fully saturated rings. The highest BCUT2D eigenvalue weighted by atomic mass is 79.9. The van der Waals surface area contributed by atoms with Crippen molar-refractivity contribution < 1.29 is 14.3 Å². The molecular formula is C12H11BrO3. The number of rotatable bonds is 2. The van der Waals surface area contributed by atoms with Gasteiger partial charge in [-0.1, -0.05) is 0 Å². The number of carbonyl (C=O) groups excluding carboxylic acids is 1. The number of hydrogen-bond acceptors (Lipinski definition) is 3. The van der Waals surface area contributed by atoms with Crippen molar-refractivity contribution in [1.29, 1.82) is 0 Å². The Morgan fingerprint density at radius 2 is 1.81 bits per heavy atom. The number of carbonyl (C=O) groups is 1. The van der Waals surface area contributed by atoms with E-state index in [1.165, 1.54) is 0 Å². The van der Waals surface area contributed by atoms with Gasteiger partial charge in [0, 0.05) is 36.0 Å². The van der Waals surface area contributed by atoms with Crippen molar-refractivity contribution in [2.24, 2.45) is 0 Å². The highest BCUT2D eigenvalue weighted by Gasteiger charge is 2.29. The molecule has 16 heavy (non-hydrogen) atoms. The van der Waals surface area contributed by atoms with Crippen LogP contribution in [0.2, 0.25) is 0 Å². The van der Waals surface area contributed by atoms with Crippen LogP contribution in [-0.4, -0.2) is 19.5 Å². The highest BCUT2D eigenvalue weighted by molar-refractivity contribution is 9.10. The Morgan fingerprint density at radius 1 is 1.12 bits per heavy atom. The van der Waals surface area contributed by atoms with Crippen molar-refractivity contribution in [1.82, 2.24) is 0 Å². The molecule has 0 spiro atoms. The first kappa shape index (κ1) is 10.1. The number of aldehydes is 1. The van der Waals surface area contributed by atoms with Crippen LogP contribution in [0.4, 0.5) is 0 Å². The molecule has 84 valence electrons. The molecule has 2 aliphatic rings. The first-order chi connectivity index (χ1) is 7.83. The summed E-state index contributed by atoms with van der Waals surface area (Å²) in [6.45, 7) is 1.39. The van der Waals surface area contributed by atoms with Gasteiger partial charge in [0.05, 0.1) is 17.7 Å². The fourth-order valence-electron chi connectivity index (χ4n) is 2.45. The molecule has 0 atom stereocenters. The summed E-state index contributed by atoms with van der Waals surface area (Å²) >= 11 is 3.58. The van der Waals surface area contributed by atoms with Crippen LogP contribution in [0.1, 0.15) is 16.7 Å². The molecule has 0 aliphatic carbocycles. The van der Waals surface area contributed by atoms with Crippen LogP contribution in [0.15, 0.2) is 4.47 Å². The van der Waals surface area contributed by atoms with E-state index in [1.54, 1.807) is 0 Å². The van der Waals surface area contributed by atoms with E-state index >= 15 is 0 Å². The second-order valence-corrected chi connectivity index (χ2v) is 4.77. The first-order valence-corrected chi connectivity index (χ1v) is 6.17. The van der Waals surface area contributed by atoms with E-state index in [9.17, 15) is 4.79 Å². The minimum absolute atomic E-state index is 0.418. The molecule has 3 rings (SSSR count). The van der Waals surface area contributed by atoms with E-state index in [-0.39, 0.29) is 0 Å². The fraction of sp³-hybridized carbons (Fsp3) is 0.417. The maximum absolute atomic E-state index is 10.8. The lowest BCUT2D eigenvalue weighted by Crippen LogP contribution is -1.98. The molecule has 0 saturated carbocycles. The molecule has 0 amide bonds. The van der Waals surface area contributed by atoms with E-state index in [1.807, 2.05) is 0 Å². The Bertz CT molecular complexity index is 433. The van der Waals surface area contributed by atoms with Gasteiger partial charge in [-0.25, -0.2) is 0 Å². The molecule has 2 aliphatic heterocycles. The van der Waals surface area contributed by atoms with Gasteiger partial charge in [-0.2, -0.15) is 0 Å². The summed E-state index contributed by atoms with van der Waals surface area (Å²) in [7, 11) is 0. The largest absolute Gasteiger partial charge is 0.493 e. The molecule has 4 heteroatoms. The van der Waals surface area contributed by atoms with E-state index < -0.39 is 0 Å². The number of benzene rings is 1. The SMILES string of the molecule is O=CCc1c2c(c(Br)c3c1OCC3)OCC2. The Morgan fingerprint density at radius 3 is 2.56 bits per heavy atom. The van der Waals surface area contributed by atoms with Crippen molar-refractivity contribution in [3.05, 3.63) is 21.2 Å². The second kappa shape index (κ2) is 3.77. The Balaban J connectivity index is 2.27. The zero-order chi connectivity index (χ0) is 11.1. The van der Waals surface area contributed by atoms with Crippen LogP contribution in [0.5, 0.6) is 11.5 Å². The number of halogens is 1. The molecule has 0 aromatic heterocycles. The third-order valence-corrected chi connectivity index (χ3v) is 3.97. The number of hydrogen-bond donors (Lipinski definition) is 0. The summed E-state index contributed by atoms with van der Waals surface area (Å²) in [5.74, 6) is 1.82. The number of fused-ring (bicyclic) bond motifs is 2. The summed E-state index contributed by atoms with van der Waals surface area (Å²) in [6.07, 6.45) is 3.11. The summed E-state index contributed by atoms with van der Waals surface area (Å²) < 4.78 is 12.3. The fourth-order valence-corrected chi connectivity index (χ4v) is 3.18. The summed E-state index contributed by atoms with van der Waals surface area (Å²) in [5.41, 5.74) is 3.32. The van der Waals surface area contributed by atoms with Crippen LogP contribution in [-0.2, 0) is 24.1 Å². The van der Waals surface area contributed by atoms with Crippen molar-refractivity contribution in [3.63, 3.8) is 0 Å². The van der Waals surface area contributed by atoms with Crippen LogP contribution < -0.4 is 9.47 Å². The van der Waals surface area contributed by atoms with Gasteiger partial charge < -0.3 is 14.3 Å². The summed E-state index contributed by atoms with van der Waals surface area (Å²) in [5, 5.41) is 0. The Labute approximate surface area is 102 Å². The van der Waals surface area contributed by atoms with Crippen molar-refractivity contribution in [2.45, 2.75) is 19.3 Å². The molecule has 3 nitrogen and oxygen atoms in total. The molecule has 0 radical (unpaired) electrons. The zero-order valence-electron chi connectivity index (χ0n) is 8.72. The van der Waals surface area contributed by atoms with Crippen molar-refractivity contribution in [2.75, 3.05) is 13.2 Å². The van der Waals surface area contributed by atoms with Gasteiger partial charge in [0.25, 0.3) is 0 Å². The Kier molecular flexibility index (Phi) is 2.39. The molecule has 0 bridgehead atoms. The van der Waals surface area contributed by atoms with E-state index in [0.717, 1.165) is 51.8 Å². The van der Waals surface area contributed by atoms with Gasteiger partial charge in [0.15, 0.2) is 0 Å². The molecule has 1 aromatic carbocycles. The molecular weight excluding hydrogens is 272 g/mol. The van der Waals surface area contributed by atoms with E-state index in [2.05, 4.69) is 15.9 Å². The molecule has 1 aromatic rings. The molecule has 0 saturated heterocycles. The van der Waals surface area contributed by atoms with Gasteiger partial charge in [-0.15, -0.1) is 0 Å². The number of ether oxygens (including phenoxy) is 2. The van der Waals surface area contributed by atoms with Crippen LogP contribution >= 0.6 is 15.9 Å². The second-order valence-electron chi connectivity index (χ2n) is 3.98. The standard InChI is InChI=1S/C12H11BrO3/c13-10-9-3-6-15-11(9)7(1-4-14)8-2-5-16-12(8)10/h4H,1-3,5-6H2. The summed E-state index contributed by atoms with van der Waals surface area (Å²) in [6, 6.07) is 0.